The standard InChI is InChI=1S/C20H21ClN4O5/c21-16-11-15(7-3-12(16)4-8-17(26)24-10-9-18(27)28)30-19(29)13-1-5-14(6-2-13)25-20(22)23/h1-3,5-7,11H,4,8-10H2,(H,24,26)(H,27,28)(H4,22,23,25). The molecule has 0 heterocycles. The molecule has 0 bridgehead atoms. The lowest BCUT2D eigenvalue weighted by Crippen LogP contribution is -2.26. The average molecular weight is 433 g/mol. The molecule has 0 radical (unpaired) electrons. The lowest BCUT2D eigenvalue weighted by atomic mass is 10.1. The topological polar surface area (TPSA) is 157 Å². The van der Waals surface area contributed by atoms with Crippen LogP contribution >= 0.6 is 11.6 Å². The summed E-state index contributed by atoms with van der Waals surface area (Å²) in [7, 11) is 0. The van der Waals surface area contributed by atoms with Crippen LogP contribution in [0.2, 0.25) is 5.02 Å². The van der Waals surface area contributed by atoms with Crippen LogP contribution in [0.25, 0.3) is 0 Å². The molecule has 0 aromatic heterocycles. The van der Waals surface area contributed by atoms with Crippen molar-refractivity contribution in [2.75, 3.05) is 6.54 Å². The summed E-state index contributed by atoms with van der Waals surface area (Å²) in [4.78, 5) is 38.3. The second-order valence-corrected chi connectivity index (χ2v) is 6.63. The van der Waals surface area contributed by atoms with Gasteiger partial charge < -0.3 is 26.6 Å². The number of guanidine groups is 1. The number of aliphatic carboxylic acids is 1. The molecule has 2 aromatic carbocycles. The van der Waals surface area contributed by atoms with Gasteiger partial charge in [0.2, 0.25) is 5.91 Å². The first-order valence-corrected chi connectivity index (χ1v) is 9.31. The van der Waals surface area contributed by atoms with Gasteiger partial charge in [-0.1, -0.05) is 17.7 Å². The van der Waals surface area contributed by atoms with Crippen molar-refractivity contribution < 1.29 is 24.2 Å². The molecule has 0 aliphatic rings. The fraction of sp³-hybridized carbons (Fsp3) is 0.200. The Morgan fingerprint density at radius 3 is 2.37 bits per heavy atom. The molecule has 0 saturated carbocycles. The Morgan fingerprint density at radius 2 is 1.77 bits per heavy atom. The third kappa shape index (κ3) is 7.44. The molecule has 0 unspecified atom stereocenters. The summed E-state index contributed by atoms with van der Waals surface area (Å²) in [6, 6.07) is 10.9. The minimum absolute atomic E-state index is 0.0731. The molecule has 2 rings (SSSR count). The number of aliphatic imine (C=N–C) groups is 1. The van der Waals surface area contributed by atoms with Gasteiger partial charge in [-0.05, 0) is 48.4 Å². The maximum absolute atomic E-state index is 12.3. The van der Waals surface area contributed by atoms with E-state index in [0.29, 0.717) is 28.3 Å². The highest BCUT2D eigenvalue weighted by atomic mass is 35.5. The summed E-state index contributed by atoms with van der Waals surface area (Å²) in [5.41, 5.74) is 12.1. The molecule has 0 spiro atoms. The zero-order valence-corrected chi connectivity index (χ0v) is 16.7. The molecule has 9 nitrogen and oxygen atoms in total. The van der Waals surface area contributed by atoms with E-state index in [2.05, 4.69) is 10.3 Å². The van der Waals surface area contributed by atoms with Crippen LogP contribution in [0.1, 0.15) is 28.8 Å². The Balaban J connectivity index is 1.91. The first-order valence-electron chi connectivity index (χ1n) is 8.93. The molecule has 30 heavy (non-hydrogen) atoms. The molecule has 6 N–H and O–H groups in total. The number of carbonyl (C=O) groups is 3. The molecule has 158 valence electrons. The molecule has 0 aliphatic heterocycles. The zero-order chi connectivity index (χ0) is 22.1. The summed E-state index contributed by atoms with van der Waals surface area (Å²) in [6.45, 7) is 0.0731. The van der Waals surface area contributed by atoms with Crippen molar-refractivity contribution in [2.24, 2.45) is 16.5 Å². The highest BCUT2D eigenvalue weighted by molar-refractivity contribution is 6.31. The number of halogens is 1. The van der Waals surface area contributed by atoms with Crippen molar-refractivity contribution in [1.82, 2.24) is 5.32 Å². The first kappa shape index (κ1) is 22.7. The van der Waals surface area contributed by atoms with Gasteiger partial charge in [-0.3, -0.25) is 9.59 Å². The quantitative estimate of drug-likeness (QED) is 0.204. The molecule has 0 atom stereocenters. The number of nitrogens with one attached hydrogen (secondary N) is 1. The Hall–Kier alpha value is -3.59. The smallest absolute Gasteiger partial charge is 0.343 e. The monoisotopic (exact) mass is 432 g/mol. The second kappa shape index (κ2) is 10.8. The maximum atomic E-state index is 12.3. The highest BCUT2D eigenvalue weighted by Gasteiger charge is 2.11. The van der Waals surface area contributed by atoms with E-state index in [1.807, 2.05) is 0 Å². The van der Waals surface area contributed by atoms with Crippen molar-refractivity contribution in [1.29, 1.82) is 0 Å². The minimum Gasteiger partial charge on any atom is -0.481 e. The number of ether oxygens (including phenoxy) is 1. The molecule has 0 aliphatic carbocycles. The number of carboxylic acids is 1. The highest BCUT2D eigenvalue weighted by Crippen LogP contribution is 2.24. The zero-order valence-electron chi connectivity index (χ0n) is 15.9. The van der Waals surface area contributed by atoms with Crippen molar-refractivity contribution in [3.05, 3.63) is 58.6 Å². The van der Waals surface area contributed by atoms with E-state index in [4.69, 9.17) is 32.9 Å². The van der Waals surface area contributed by atoms with Crippen LogP contribution < -0.4 is 21.5 Å². The Kier molecular flexibility index (Phi) is 8.18. The number of benzene rings is 2. The predicted octanol–water partition coefficient (Wildman–Crippen LogP) is 1.99. The summed E-state index contributed by atoms with van der Waals surface area (Å²) in [5.74, 6) is -1.65. The predicted molar refractivity (Wildman–Crippen MR) is 112 cm³/mol. The number of nitrogens with two attached hydrogens (primary N) is 2. The van der Waals surface area contributed by atoms with E-state index >= 15 is 0 Å². The SMILES string of the molecule is NC(N)=Nc1ccc(C(=O)Oc2ccc(CCC(=O)NCCC(=O)O)c(Cl)c2)cc1. The third-order valence-corrected chi connectivity index (χ3v) is 4.23. The third-order valence-electron chi connectivity index (χ3n) is 3.88. The van der Waals surface area contributed by atoms with Crippen molar-refractivity contribution >= 4 is 41.1 Å². The number of rotatable bonds is 9. The van der Waals surface area contributed by atoms with E-state index in [9.17, 15) is 14.4 Å². The van der Waals surface area contributed by atoms with Gasteiger partial charge >= 0.3 is 11.9 Å². The van der Waals surface area contributed by atoms with Crippen LogP contribution in [-0.4, -0.2) is 35.5 Å². The first-order chi connectivity index (χ1) is 14.2. The lowest BCUT2D eigenvalue weighted by molar-refractivity contribution is -0.136. The number of aryl methyl sites for hydroxylation is 1. The van der Waals surface area contributed by atoms with Crippen LogP contribution in [0.3, 0.4) is 0 Å². The van der Waals surface area contributed by atoms with Gasteiger partial charge in [0.15, 0.2) is 5.96 Å². The van der Waals surface area contributed by atoms with E-state index in [1.165, 1.54) is 18.2 Å². The van der Waals surface area contributed by atoms with Crippen LogP contribution in [0.15, 0.2) is 47.5 Å². The fourth-order valence-corrected chi connectivity index (χ4v) is 2.69. The van der Waals surface area contributed by atoms with E-state index < -0.39 is 11.9 Å². The second-order valence-electron chi connectivity index (χ2n) is 6.22. The molecule has 0 saturated heterocycles. The average Bonchev–Trinajstić information content (AvgIpc) is 2.67. The maximum Gasteiger partial charge on any atom is 0.343 e. The molecular formula is C20H21ClN4O5. The van der Waals surface area contributed by atoms with Crippen molar-refractivity contribution in [3.63, 3.8) is 0 Å². The molecular weight excluding hydrogens is 412 g/mol. The largest absolute Gasteiger partial charge is 0.481 e. The van der Waals surface area contributed by atoms with Crippen molar-refractivity contribution in [3.8, 4) is 5.75 Å². The van der Waals surface area contributed by atoms with E-state index in [1.54, 1.807) is 24.3 Å². The Bertz CT molecular complexity index is 956. The number of nitrogens with zero attached hydrogens (tertiary/aromatic N) is 1. The van der Waals surface area contributed by atoms with Gasteiger partial charge in [-0.2, -0.15) is 0 Å². The van der Waals surface area contributed by atoms with Crippen LogP contribution in [0.5, 0.6) is 5.75 Å². The number of esters is 1. The number of carboxylic acid groups (broad SMARTS) is 1. The number of hydrogen-bond acceptors (Lipinski definition) is 5. The van der Waals surface area contributed by atoms with Gasteiger partial charge in [0.05, 0.1) is 17.7 Å². The molecule has 2 aromatic rings. The Labute approximate surface area is 177 Å². The molecule has 10 heteroatoms. The fourth-order valence-electron chi connectivity index (χ4n) is 2.43. The van der Waals surface area contributed by atoms with Gasteiger partial charge in [-0.15, -0.1) is 0 Å². The summed E-state index contributed by atoms with van der Waals surface area (Å²) in [6.07, 6.45) is 0.377. The number of hydrogen-bond donors (Lipinski definition) is 4. The van der Waals surface area contributed by atoms with Gasteiger partial charge in [0, 0.05) is 18.0 Å². The van der Waals surface area contributed by atoms with Crippen molar-refractivity contribution in [2.45, 2.75) is 19.3 Å². The van der Waals surface area contributed by atoms with Crippen LogP contribution in [-0.2, 0) is 16.0 Å². The van der Waals surface area contributed by atoms with Gasteiger partial charge in [-0.25, -0.2) is 9.79 Å². The molecule has 0 fully saturated rings. The van der Waals surface area contributed by atoms with Crippen LogP contribution in [0.4, 0.5) is 5.69 Å². The number of carbonyl (C=O) groups excluding carboxylic acids is 2. The minimum atomic E-state index is -0.979. The molecule has 1 amide bonds. The van der Waals surface area contributed by atoms with Crippen LogP contribution in [0, 0.1) is 0 Å². The van der Waals surface area contributed by atoms with Gasteiger partial charge in [0.1, 0.15) is 5.75 Å². The van der Waals surface area contributed by atoms with E-state index in [0.717, 1.165) is 0 Å². The Morgan fingerprint density at radius 1 is 1.07 bits per heavy atom. The summed E-state index contributed by atoms with van der Waals surface area (Å²) >= 11 is 6.22. The normalized spacial score (nSPS) is 10.2. The summed E-state index contributed by atoms with van der Waals surface area (Å²) in [5, 5.41) is 11.4. The van der Waals surface area contributed by atoms with Gasteiger partial charge in [0.25, 0.3) is 0 Å². The lowest BCUT2D eigenvalue weighted by Gasteiger charge is -2.09. The summed E-state index contributed by atoms with van der Waals surface area (Å²) < 4.78 is 5.31. The van der Waals surface area contributed by atoms with E-state index in [-0.39, 0.29) is 37.0 Å². The number of amides is 1.